The van der Waals surface area contributed by atoms with Crippen LogP contribution in [0.2, 0.25) is 0 Å². The number of benzene rings is 2. The highest BCUT2D eigenvalue weighted by Gasteiger charge is 2.28. The number of likely N-dealkylation sites (tertiary alicyclic amines) is 1. The highest BCUT2D eigenvalue weighted by molar-refractivity contribution is 5.85. The number of hydrogen-bond donors (Lipinski definition) is 1. The molecule has 2 aliphatic heterocycles. The number of nitro benzene ring substituents is 1. The maximum absolute atomic E-state index is 13.0. The molecule has 0 saturated carbocycles. The number of H-pyrrole nitrogens is 1. The second-order valence-corrected chi connectivity index (χ2v) is 9.32. The van der Waals surface area contributed by atoms with Gasteiger partial charge in [0.1, 0.15) is 11.4 Å². The number of amides is 1. The summed E-state index contributed by atoms with van der Waals surface area (Å²) in [5, 5.41) is 12.6. The zero-order valence-corrected chi connectivity index (χ0v) is 20.0. The maximum atomic E-state index is 13.0. The van der Waals surface area contributed by atoms with Gasteiger partial charge >= 0.3 is 0 Å². The van der Waals surface area contributed by atoms with E-state index in [2.05, 4.69) is 28.2 Å². The minimum Gasteiger partial charge on any atom is -0.497 e. The summed E-state index contributed by atoms with van der Waals surface area (Å²) in [6.45, 7) is 4.58. The number of fused-ring (bicyclic) bond motifs is 1. The van der Waals surface area contributed by atoms with E-state index in [0.717, 1.165) is 37.2 Å². The Bertz CT molecular complexity index is 1210. The third kappa shape index (κ3) is 4.81. The summed E-state index contributed by atoms with van der Waals surface area (Å²) in [5.74, 6) is 1.47. The summed E-state index contributed by atoms with van der Waals surface area (Å²) in [7, 11) is 1.69. The van der Waals surface area contributed by atoms with E-state index in [1.165, 1.54) is 17.0 Å². The molecule has 9 heteroatoms. The third-order valence-corrected chi connectivity index (χ3v) is 7.36. The van der Waals surface area contributed by atoms with E-state index in [1.807, 2.05) is 21.9 Å². The zero-order chi connectivity index (χ0) is 24.4. The second-order valence-electron chi connectivity index (χ2n) is 9.32. The number of piperidine rings is 1. The number of hydrogen-bond acceptors (Lipinski definition) is 6. The normalized spacial score (nSPS) is 17.6. The standard InChI is InChI=1S/C26H31N5O4/c1-35-20-6-7-23-21(16-20)22(17-27-23)19-8-10-28(11-9-19)18-26(32)30-14-12-29(13-15-30)24-4-2-3-5-25(24)31(33)34/h2-7,16-17,19,27H,8-15,18H2,1H3. The number of anilines is 1. The molecule has 2 fully saturated rings. The summed E-state index contributed by atoms with van der Waals surface area (Å²) in [6, 6.07) is 12.9. The van der Waals surface area contributed by atoms with Crippen molar-refractivity contribution < 1.29 is 14.5 Å². The first kappa shape index (κ1) is 23.2. The van der Waals surface area contributed by atoms with Crippen LogP contribution < -0.4 is 9.64 Å². The molecule has 2 aromatic carbocycles. The van der Waals surface area contributed by atoms with Crippen molar-refractivity contribution in [3.05, 3.63) is 64.3 Å². The molecule has 0 unspecified atom stereocenters. The fourth-order valence-corrected chi connectivity index (χ4v) is 5.36. The first-order valence-corrected chi connectivity index (χ1v) is 12.2. The van der Waals surface area contributed by atoms with Gasteiger partial charge in [-0.15, -0.1) is 0 Å². The van der Waals surface area contributed by atoms with E-state index < -0.39 is 0 Å². The smallest absolute Gasteiger partial charge is 0.292 e. The third-order valence-electron chi connectivity index (χ3n) is 7.36. The fraction of sp³-hybridized carbons (Fsp3) is 0.423. The van der Waals surface area contributed by atoms with Crippen LogP contribution in [0, 0.1) is 10.1 Å². The summed E-state index contributed by atoms with van der Waals surface area (Å²) in [5.41, 5.74) is 3.19. The Morgan fingerprint density at radius 2 is 1.83 bits per heavy atom. The van der Waals surface area contributed by atoms with Crippen LogP contribution in [0.4, 0.5) is 11.4 Å². The topological polar surface area (TPSA) is 95.0 Å². The van der Waals surface area contributed by atoms with E-state index >= 15 is 0 Å². The van der Waals surface area contributed by atoms with E-state index in [-0.39, 0.29) is 16.5 Å². The lowest BCUT2D eigenvalue weighted by molar-refractivity contribution is -0.384. The molecule has 184 valence electrons. The molecular weight excluding hydrogens is 446 g/mol. The van der Waals surface area contributed by atoms with Crippen LogP contribution in [0.5, 0.6) is 5.75 Å². The highest BCUT2D eigenvalue weighted by Crippen LogP contribution is 2.35. The molecule has 2 saturated heterocycles. The minimum absolute atomic E-state index is 0.115. The van der Waals surface area contributed by atoms with Crippen molar-refractivity contribution in [2.45, 2.75) is 18.8 Å². The Kier molecular flexibility index (Phi) is 6.59. The summed E-state index contributed by atoms with van der Waals surface area (Å²) >= 11 is 0. The predicted octanol–water partition coefficient (Wildman–Crippen LogP) is 3.61. The van der Waals surface area contributed by atoms with Crippen LogP contribution >= 0.6 is 0 Å². The molecule has 9 nitrogen and oxygen atoms in total. The van der Waals surface area contributed by atoms with E-state index in [0.29, 0.717) is 44.3 Å². The first-order valence-electron chi connectivity index (χ1n) is 12.2. The molecule has 35 heavy (non-hydrogen) atoms. The van der Waals surface area contributed by atoms with Crippen molar-refractivity contribution in [2.24, 2.45) is 0 Å². The van der Waals surface area contributed by atoms with Gasteiger partial charge in [0.25, 0.3) is 5.69 Å². The van der Waals surface area contributed by atoms with Gasteiger partial charge in [0.15, 0.2) is 0 Å². The number of aromatic amines is 1. The number of nitrogens with one attached hydrogen (secondary N) is 1. The molecule has 3 heterocycles. The lowest BCUT2D eigenvalue weighted by Gasteiger charge is -2.37. The van der Waals surface area contributed by atoms with Crippen molar-refractivity contribution in [3.63, 3.8) is 0 Å². The summed E-state index contributed by atoms with van der Waals surface area (Å²) < 4.78 is 5.40. The number of nitro groups is 1. The molecule has 0 atom stereocenters. The van der Waals surface area contributed by atoms with Gasteiger partial charge < -0.3 is 19.5 Å². The molecule has 1 amide bonds. The Morgan fingerprint density at radius 3 is 2.54 bits per heavy atom. The Balaban J connectivity index is 1.13. The lowest BCUT2D eigenvalue weighted by Crippen LogP contribution is -2.52. The van der Waals surface area contributed by atoms with Gasteiger partial charge in [-0.25, -0.2) is 0 Å². The number of aromatic nitrogens is 1. The number of para-hydroxylation sites is 2. The number of methoxy groups -OCH3 is 1. The number of nitrogens with zero attached hydrogens (tertiary/aromatic N) is 4. The predicted molar refractivity (Wildman–Crippen MR) is 135 cm³/mol. The van der Waals surface area contributed by atoms with Gasteiger partial charge in [-0.3, -0.25) is 19.8 Å². The number of carbonyl (C=O) groups is 1. The van der Waals surface area contributed by atoms with Crippen molar-refractivity contribution in [1.29, 1.82) is 0 Å². The maximum Gasteiger partial charge on any atom is 0.292 e. The van der Waals surface area contributed by atoms with Crippen molar-refractivity contribution in [1.82, 2.24) is 14.8 Å². The number of rotatable bonds is 6. The van der Waals surface area contributed by atoms with Crippen LogP contribution in [-0.2, 0) is 4.79 Å². The summed E-state index contributed by atoms with van der Waals surface area (Å²) in [6.07, 6.45) is 4.15. The number of ether oxygens (including phenoxy) is 1. The Morgan fingerprint density at radius 1 is 1.09 bits per heavy atom. The van der Waals surface area contributed by atoms with Crippen LogP contribution in [0.3, 0.4) is 0 Å². The summed E-state index contributed by atoms with van der Waals surface area (Å²) in [4.78, 5) is 33.5. The highest BCUT2D eigenvalue weighted by atomic mass is 16.6. The fourth-order valence-electron chi connectivity index (χ4n) is 5.36. The lowest BCUT2D eigenvalue weighted by atomic mass is 9.89. The SMILES string of the molecule is COc1ccc2[nH]cc(C3CCN(CC(=O)N4CCN(c5ccccc5[N+](=O)[O-])CC4)CC3)c2c1. The number of piperazine rings is 1. The van der Waals surface area contributed by atoms with Crippen LogP contribution in [0.25, 0.3) is 10.9 Å². The molecule has 0 bridgehead atoms. The Labute approximate surface area is 204 Å². The molecule has 5 rings (SSSR count). The minimum atomic E-state index is -0.344. The van der Waals surface area contributed by atoms with Crippen molar-refractivity contribution in [3.8, 4) is 5.75 Å². The molecule has 1 aromatic heterocycles. The quantitative estimate of drug-likeness (QED) is 0.431. The first-order chi connectivity index (χ1) is 17.0. The molecule has 2 aliphatic rings. The van der Waals surface area contributed by atoms with Crippen LogP contribution in [-0.4, -0.2) is 78.5 Å². The molecule has 1 N–H and O–H groups in total. The average molecular weight is 478 g/mol. The largest absolute Gasteiger partial charge is 0.497 e. The van der Waals surface area contributed by atoms with E-state index in [9.17, 15) is 14.9 Å². The van der Waals surface area contributed by atoms with Crippen LogP contribution in [0.15, 0.2) is 48.7 Å². The van der Waals surface area contributed by atoms with Gasteiger partial charge in [-0.05, 0) is 61.7 Å². The molecule has 0 aliphatic carbocycles. The molecular formula is C26H31N5O4. The van der Waals surface area contributed by atoms with Gasteiger partial charge in [-0.1, -0.05) is 12.1 Å². The van der Waals surface area contributed by atoms with Gasteiger partial charge in [-0.2, -0.15) is 0 Å². The van der Waals surface area contributed by atoms with Crippen LogP contribution in [0.1, 0.15) is 24.3 Å². The Hall–Kier alpha value is -3.59. The molecule has 3 aromatic rings. The van der Waals surface area contributed by atoms with Crippen molar-refractivity contribution in [2.75, 3.05) is 57.8 Å². The molecule has 0 radical (unpaired) electrons. The monoisotopic (exact) mass is 477 g/mol. The number of carbonyl (C=O) groups excluding carboxylic acids is 1. The van der Waals surface area contributed by atoms with Crippen molar-refractivity contribution >= 4 is 28.2 Å². The van der Waals surface area contributed by atoms with Gasteiger partial charge in [0, 0.05) is 49.3 Å². The van der Waals surface area contributed by atoms with E-state index in [1.54, 1.807) is 19.2 Å². The average Bonchev–Trinajstić information content (AvgIpc) is 3.32. The van der Waals surface area contributed by atoms with Gasteiger partial charge in [0.05, 0.1) is 18.6 Å². The van der Waals surface area contributed by atoms with E-state index in [4.69, 9.17) is 4.74 Å². The zero-order valence-electron chi connectivity index (χ0n) is 20.0. The second kappa shape index (κ2) is 9.95. The van der Waals surface area contributed by atoms with Gasteiger partial charge in [0.2, 0.25) is 5.91 Å². The molecule has 0 spiro atoms.